The fraction of sp³-hybridized carbons (Fsp3) is 0.214. The van der Waals surface area contributed by atoms with Crippen molar-refractivity contribution < 1.29 is 4.79 Å². The molecule has 0 unspecified atom stereocenters. The molecule has 1 aliphatic rings. The zero-order chi connectivity index (χ0) is 25.1. The van der Waals surface area contributed by atoms with Gasteiger partial charge in [0.2, 0.25) is 5.91 Å². The van der Waals surface area contributed by atoms with E-state index < -0.39 is 0 Å². The Morgan fingerprint density at radius 2 is 2.00 bits per heavy atom. The highest BCUT2D eigenvalue weighted by molar-refractivity contribution is 7.80. The van der Waals surface area contributed by atoms with E-state index in [1.807, 2.05) is 62.6 Å². The fourth-order valence-electron chi connectivity index (χ4n) is 4.64. The highest BCUT2D eigenvalue weighted by Crippen LogP contribution is 2.42. The standard InChI is InChI=1S/C28H28N6OS/c1-3-25(35)31-22-12-11-21(16-19(22)2)34-27(26(32-28(34)36)23-9-4-5-14-30-23)24-10-7-15-33(24)18-20-8-6-13-29-17-20/h4-17,26-27H,3,18H2,1-2H3,(H,31,35)(H,32,36)/t26-,27-/m0/s1. The van der Waals surface area contributed by atoms with Crippen molar-refractivity contribution in [1.82, 2.24) is 19.9 Å². The van der Waals surface area contributed by atoms with E-state index in [1.54, 1.807) is 6.20 Å². The molecule has 1 aliphatic heterocycles. The molecule has 0 spiro atoms. The Hall–Kier alpha value is -4.04. The van der Waals surface area contributed by atoms with Gasteiger partial charge >= 0.3 is 0 Å². The summed E-state index contributed by atoms with van der Waals surface area (Å²) in [7, 11) is 0. The molecular formula is C28H28N6OS. The number of carbonyl (C=O) groups excluding carboxylic acids is 1. The van der Waals surface area contributed by atoms with Crippen molar-refractivity contribution in [3.05, 3.63) is 108 Å². The van der Waals surface area contributed by atoms with Gasteiger partial charge in [-0.05, 0) is 78.8 Å². The number of aromatic nitrogens is 3. The number of hydrogen-bond acceptors (Lipinski definition) is 4. The lowest BCUT2D eigenvalue weighted by Crippen LogP contribution is -2.30. The average Bonchev–Trinajstić information content (AvgIpc) is 3.49. The quantitative estimate of drug-likeness (QED) is 0.344. The van der Waals surface area contributed by atoms with Gasteiger partial charge in [0.25, 0.3) is 0 Å². The van der Waals surface area contributed by atoms with Crippen LogP contribution < -0.4 is 15.5 Å². The number of anilines is 2. The lowest BCUT2D eigenvalue weighted by Gasteiger charge is -2.29. The third-order valence-corrected chi connectivity index (χ3v) is 6.74. The molecule has 1 fully saturated rings. The summed E-state index contributed by atoms with van der Waals surface area (Å²) < 4.78 is 2.24. The van der Waals surface area contributed by atoms with Crippen LogP contribution in [-0.4, -0.2) is 25.6 Å². The maximum absolute atomic E-state index is 12.0. The van der Waals surface area contributed by atoms with Crippen molar-refractivity contribution in [2.24, 2.45) is 0 Å². The number of benzene rings is 1. The maximum Gasteiger partial charge on any atom is 0.224 e. The minimum absolute atomic E-state index is 0.00877. The summed E-state index contributed by atoms with van der Waals surface area (Å²) in [5, 5.41) is 7.13. The van der Waals surface area contributed by atoms with Crippen molar-refractivity contribution in [3.63, 3.8) is 0 Å². The second-order valence-electron chi connectivity index (χ2n) is 8.82. The largest absolute Gasteiger partial charge is 0.351 e. The molecule has 4 aromatic rings. The van der Waals surface area contributed by atoms with E-state index in [0.717, 1.165) is 33.9 Å². The van der Waals surface area contributed by atoms with Crippen molar-refractivity contribution in [2.45, 2.75) is 38.9 Å². The van der Waals surface area contributed by atoms with Crippen LogP contribution >= 0.6 is 12.2 Å². The number of hydrogen-bond donors (Lipinski definition) is 2. The smallest absolute Gasteiger partial charge is 0.224 e. The number of amides is 1. The summed E-state index contributed by atoms with van der Waals surface area (Å²) in [6.45, 7) is 4.54. The molecule has 36 heavy (non-hydrogen) atoms. The molecule has 1 saturated heterocycles. The van der Waals surface area contributed by atoms with Gasteiger partial charge in [0.15, 0.2) is 5.11 Å². The van der Waals surface area contributed by atoms with Gasteiger partial charge < -0.3 is 20.1 Å². The molecule has 182 valence electrons. The van der Waals surface area contributed by atoms with Crippen LogP contribution in [0.25, 0.3) is 0 Å². The third kappa shape index (κ3) is 4.72. The number of pyridine rings is 2. The molecule has 2 N–H and O–H groups in total. The Bertz CT molecular complexity index is 1370. The Labute approximate surface area is 216 Å². The second-order valence-corrected chi connectivity index (χ2v) is 9.21. The molecule has 1 amide bonds. The Morgan fingerprint density at radius 3 is 2.72 bits per heavy atom. The normalized spacial score (nSPS) is 17.2. The van der Waals surface area contributed by atoms with Gasteiger partial charge in [0, 0.05) is 54.8 Å². The molecule has 5 rings (SSSR count). The van der Waals surface area contributed by atoms with E-state index in [1.165, 1.54) is 0 Å². The molecule has 7 nitrogen and oxygen atoms in total. The first-order chi connectivity index (χ1) is 17.5. The zero-order valence-electron chi connectivity index (χ0n) is 20.3. The second kappa shape index (κ2) is 10.3. The van der Waals surface area contributed by atoms with Crippen LogP contribution in [0.5, 0.6) is 0 Å². The first-order valence-corrected chi connectivity index (χ1v) is 12.4. The van der Waals surface area contributed by atoms with Crippen molar-refractivity contribution >= 4 is 34.6 Å². The number of carbonyl (C=O) groups is 1. The van der Waals surface area contributed by atoms with Gasteiger partial charge in [-0.1, -0.05) is 19.1 Å². The molecule has 1 aromatic carbocycles. The number of nitrogens with zero attached hydrogens (tertiary/aromatic N) is 4. The topological polar surface area (TPSA) is 75.1 Å². The molecule has 0 bridgehead atoms. The van der Waals surface area contributed by atoms with E-state index in [9.17, 15) is 4.79 Å². The minimum atomic E-state index is -0.138. The highest BCUT2D eigenvalue weighted by Gasteiger charge is 2.42. The van der Waals surface area contributed by atoms with Crippen molar-refractivity contribution in [3.8, 4) is 0 Å². The number of aryl methyl sites for hydroxylation is 1. The summed E-state index contributed by atoms with van der Waals surface area (Å²) in [6, 6.07) is 19.9. The molecule has 3 aromatic heterocycles. The molecule has 0 saturated carbocycles. The number of thiocarbonyl (C=S) groups is 1. The summed E-state index contributed by atoms with van der Waals surface area (Å²) in [5.41, 5.74) is 5.89. The van der Waals surface area contributed by atoms with E-state index >= 15 is 0 Å². The molecular weight excluding hydrogens is 468 g/mol. The van der Waals surface area contributed by atoms with E-state index in [0.29, 0.717) is 18.1 Å². The predicted molar refractivity (Wildman–Crippen MR) is 146 cm³/mol. The first kappa shape index (κ1) is 23.7. The van der Waals surface area contributed by atoms with E-state index in [4.69, 9.17) is 12.2 Å². The highest BCUT2D eigenvalue weighted by atomic mass is 32.1. The van der Waals surface area contributed by atoms with Gasteiger partial charge in [0.1, 0.15) is 6.04 Å². The average molecular weight is 497 g/mol. The Balaban J connectivity index is 1.56. The van der Waals surface area contributed by atoms with Crippen LogP contribution in [0.15, 0.2) is 85.5 Å². The molecule has 2 atom stereocenters. The predicted octanol–water partition coefficient (Wildman–Crippen LogP) is 5.16. The third-order valence-electron chi connectivity index (χ3n) is 6.42. The van der Waals surface area contributed by atoms with Gasteiger partial charge in [-0.3, -0.25) is 14.8 Å². The SMILES string of the molecule is CCC(=O)Nc1ccc(N2C(=S)N[C@@H](c3ccccn3)[C@@H]2c2cccn2Cc2cccnc2)cc1C. The monoisotopic (exact) mass is 496 g/mol. The number of rotatable bonds is 7. The van der Waals surface area contributed by atoms with Gasteiger partial charge in [-0.25, -0.2) is 0 Å². The van der Waals surface area contributed by atoms with E-state index in [-0.39, 0.29) is 18.0 Å². The zero-order valence-corrected chi connectivity index (χ0v) is 21.1. The van der Waals surface area contributed by atoms with Gasteiger partial charge in [-0.2, -0.15) is 0 Å². The molecule has 4 heterocycles. The van der Waals surface area contributed by atoms with Crippen LogP contribution in [0.4, 0.5) is 11.4 Å². The fourth-order valence-corrected chi connectivity index (χ4v) is 4.98. The maximum atomic E-state index is 12.0. The molecule has 0 aliphatic carbocycles. The summed E-state index contributed by atoms with van der Waals surface area (Å²) in [4.78, 5) is 23.0. The summed E-state index contributed by atoms with van der Waals surface area (Å²) in [6.07, 6.45) is 8.01. The van der Waals surface area contributed by atoms with E-state index in [2.05, 4.69) is 60.5 Å². The van der Waals surface area contributed by atoms with Crippen LogP contribution in [0.3, 0.4) is 0 Å². The Morgan fingerprint density at radius 1 is 1.11 bits per heavy atom. The lowest BCUT2D eigenvalue weighted by molar-refractivity contribution is -0.115. The summed E-state index contributed by atoms with van der Waals surface area (Å²) >= 11 is 5.89. The van der Waals surface area contributed by atoms with Gasteiger partial charge in [0.05, 0.1) is 11.7 Å². The number of nitrogens with one attached hydrogen (secondary N) is 2. The van der Waals surface area contributed by atoms with Crippen LogP contribution in [-0.2, 0) is 11.3 Å². The molecule has 8 heteroatoms. The van der Waals surface area contributed by atoms with Gasteiger partial charge in [-0.15, -0.1) is 0 Å². The van der Waals surface area contributed by atoms with Crippen LogP contribution in [0.2, 0.25) is 0 Å². The van der Waals surface area contributed by atoms with Crippen LogP contribution in [0, 0.1) is 6.92 Å². The summed E-state index contributed by atoms with van der Waals surface area (Å²) in [5.74, 6) is -0.00877. The van der Waals surface area contributed by atoms with Crippen molar-refractivity contribution in [2.75, 3.05) is 10.2 Å². The molecule has 0 radical (unpaired) electrons. The Kier molecular flexibility index (Phi) is 6.77. The minimum Gasteiger partial charge on any atom is -0.351 e. The van der Waals surface area contributed by atoms with Crippen molar-refractivity contribution in [1.29, 1.82) is 0 Å². The van der Waals surface area contributed by atoms with Crippen LogP contribution in [0.1, 0.15) is 47.9 Å². The first-order valence-electron chi connectivity index (χ1n) is 12.0. The lowest BCUT2D eigenvalue weighted by atomic mass is 10.0.